The average molecular weight is 366 g/mol. The third-order valence-corrected chi connectivity index (χ3v) is 7.20. The summed E-state index contributed by atoms with van der Waals surface area (Å²) in [6.45, 7) is 3.02. The van der Waals surface area contributed by atoms with E-state index in [0.717, 1.165) is 32.4 Å². The van der Waals surface area contributed by atoms with E-state index in [1.165, 1.54) is 5.56 Å². The van der Waals surface area contributed by atoms with Crippen LogP contribution in [0.25, 0.3) is 0 Å². The first kappa shape index (κ1) is 16.4. The van der Waals surface area contributed by atoms with Crippen LogP contribution in [0.15, 0.2) is 16.8 Å². The molecule has 0 bridgehead atoms. The van der Waals surface area contributed by atoms with Crippen LogP contribution in [0, 0.1) is 5.41 Å². The van der Waals surface area contributed by atoms with Crippen LogP contribution >= 0.6 is 23.1 Å². The Hall–Kier alpha value is -1.05. The number of carbonyl (C=O) groups is 2. The summed E-state index contributed by atoms with van der Waals surface area (Å²) < 4.78 is 0. The van der Waals surface area contributed by atoms with Crippen molar-refractivity contribution in [2.24, 2.45) is 5.41 Å². The molecule has 24 heavy (non-hydrogen) atoms. The Bertz CT molecular complexity index is 613. The minimum Gasteiger partial charge on any atom is -0.333 e. The first-order chi connectivity index (χ1) is 11.7. The molecular formula is C17H23N3O2S2. The van der Waals surface area contributed by atoms with Crippen molar-refractivity contribution in [3.63, 3.8) is 0 Å². The number of amides is 2. The molecule has 2 amide bonds. The van der Waals surface area contributed by atoms with E-state index in [-0.39, 0.29) is 18.4 Å². The largest absolute Gasteiger partial charge is 0.333 e. The zero-order valence-corrected chi connectivity index (χ0v) is 15.3. The summed E-state index contributed by atoms with van der Waals surface area (Å²) in [4.78, 5) is 28.6. The summed E-state index contributed by atoms with van der Waals surface area (Å²) in [5, 5.41) is 7.60. The van der Waals surface area contributed by atoms with E-state index in [0.29, 0.717) is 29.6 Å². The number of hydrogen-bond acceptors (Lipinski definition) is 5. The number of hydrogen-bond donors (Lipinski definition) is 1. The maximum absolute atomic E-state index is 13.0. The first-order valence-corrected chi connectivity index (χ1v) is 10.6. The van der Waals surface area contributed by atoms with E-state index in [2.05, 4.69) is 27.0 Å². The van der Waals surface area contributed by atoms with Gasteiger partial charge in [-0.15, -0.1) is 11.8 Å². The Morgan fingerprint density at radius 2 is 2.25 bits per heavy atom. The molecule has 0 unspecified atom stereocenters. The molecule has 1 aliphatic carbocycles. The number of rotatable bonds is 5. The Labute approximate surface area is 150 Å². The molecule has 5 nitrogen and oxygen atoms in total. The van der Waals surface area contributed by atoms with Crippen LogP contribution in [0.4, 0.5) is 0 Å². The van der Waals surface area contributed by atoms with Crippen molar-refractivity contribution in [2.75, 3.05) is 31.3 Å². The molecule has 3 heterocycles. The van der Waals surface area contributed by atoms with Gasteiger partial charge in [-0.2, -0.15) is 11.3 Å². The Morgan fingerprint density at radius 1 is 1.42 bits per heavy atom. The molecule has 3 aliphatic rings. The lowest BCUT2D eigenvalue weighted by molar-refractivity contribution is -0.139. The highest BCUT2D eigenvalue weighted by Gasteiger charge is 2.57. The molecule has 1 spiro atoms. The second-order valence-electron chi connectivity index (χ2n) is 7.05. The van der Waals surface area contributed by atoms with Gasteiger partial charge in [0.1, 0.15) is 6.54 Å². The fourth-order valence-electron chi connectivity index (χ4n) is 3.97. The number of thiophene rings is 1. The molecule has 1 aromatic heterocycles. The number of carbonyl (C=O) groups excluding carboxylic acids is 2. The van der Waals surface area contributed by atoms with E-state index in [1.54, 1.807) is 28.0 Å². The zero-order valence-electron chi connectivity index (χ0n) is 13.7. The molecule has 3 fully saturated rings. The molecule has 1 atom stereocenters. The molecule has 4 rings (SSSR count). The molecular weight excluding hydrogens is 342 g/mol. The van der Waals surface area contributed by atoms with Crippen LogP contribution < -0.4 is 5.32 Å². The summed E-state index contributed by atoms with van der Waals surface area (Å²) in [7, 11) is 0. The predicted octanol–water partition coefficient (Wildman–Crippen LogP) is 1.75. The van der Waals surface area contributed by atoms with Crippen LogP contribution in [-0.2, 0) is 16.1 Å². The minimum absolute atomic E-state index is 0.0937. The van der Waals surface area contributed by atoms with Crippen LogP contribution in [-0.4, -0.2) is 58.9 Å². The van der Waals surface area contributed by atoms with Crippen LogP contribution in [0.3, 0.4) is 0 Å². The van der Waals surface area contributed by atoms with Gasteiger partial charge in [0.05, 0.1) is 11.6 Å². The van der Waals surface area contributed by atoms with Crippen molar-refractivity contribution in [2.45, 2.75) is 31.8 Å². The van der Waals surface area contributed by atoms with Crippen molar-refractivity contribution >= 4 is 34.9 Å². The van der Waals surface area contributed by atoms with Crippen molar-refractivity contribution in [1.29, 1.82) is 0 Å². The van der Waals surface area contributed by atoms with E-state index in [9.17, 15) is 9.59 Å². The normalized spacial score (nSPS) is 25.2. The van der Waals surface area contributed by atoms with E-state index < -0.39 is 0 Å². The van der Waals surface area contributed by atoms with Crippen LogP contribution in [0.1, 0.15) is 24.8 Å². The smallest absolute Gasteiger partial charge is 0.242 e. The monoisotopic (exact) mass is 365 g/mol. The lowest BCUT2D eigenvalue weighted by Crippen LogP contribution is -2.44. The molecule has 2 aliphatic heterocycles. The van der Waals surface area contributed by atoms with Crippen LogP contribution in [0.5, 0.6) is 0 Å². The first-order valence-electron chi connectivity index (χ1n) is 8.55. The number of nitrogens with one attached hydrogen (secondary N) is 1. The van der Waals surface area contributed by atoms with Gasteiger partial charge < -0.3 is 15.1 Å². The quantitative estimate of drug-likeness (QED) is 0.864. The van der Waals surface area contributed by atoms with E-state index in [4.69, 9.17) is 0 Å². The summed E-state index contributed by atoms with van der Waals surface area (Å²) in [6.07, 6.45) is 3.43. The second kappa shape index (κ2) is 6.69. The SMILES string of the molecule is O=C1CSCN1CC(=O)N(Cc1ccsc1)[C@H]1CC12CCNCC2. The highest BCUT2D eigenvalue weighted by molar-refractivity contribution is 8.00. The molecule has 0 aromatic carbocycles. The molecule has 1 saturated carbocycles. The molecule has 0 radical (unpaired) electrons. The topological polar surface area (TPSA) is 52.7 Å². The lowest BCUT2D eigenvalue weighted by atomic mass is 9.93. The average Bonchev–Trinajstić information content (AvgIpc) is 2.96. The van der Waals surface area contributed by atoms with Gasteiger partial charge in [-0.1, -0.05) is 0 Å². The van der Waals surface area contributed by atoms with Crippen molar-refractivity contribution in [3.8, 4) is 0 Å². The van der Waals surface area contributed by atoms with Gasteiger partial charge in [-0.25, -0.2) is 0 Å². The maximum atomic E-state index is 13.0. The van der Waals surface area contributed by atoms with Gasteiger partial charge in [0, 0.05) is 12.6 Å². The highest BCUT2D eigenvalue weighted by Crippen LogP contribution is 2.56. The lowest BCUT2D eigenvalue weighted by Gasteiger charge is -2.30. The van der Waals surface area contributed by atoms with Gasteiger partial charge in [-0.05, 0) is 60.2 Å². The standard InChI is InChI=1S/C17H23N3O2S2/c21-15(9-19-12-24-11-16(19)22)20(8-13-1-6-23-10-13)14-7-17(14)2-4-18-5-3-17/h1,6,10,14,18H,2-5,7-9,11-12H2/t14-/m0/s1. The fourth-order valence-corrected chi connectivity index (χ4v) is 5.54. The predicted molar refractivity (Wildman–Crippen MR) is 96.8 cm³/mol. The third-order valence-electron chi connectivity index (χ3n) is 5.53. The fraction of sp³-hybridized carbons (Fsp3) is 0.647. The van der Waals surface area contributed by atoms with E-state index >= 15 is 0 Å². The van der Waals surface area contributed by atoms with Crippen molar-refractivity contribution in [3.05, 3.63) is 22.4 Å². The Kier molecular flexibility index (Phi) is 4.58. The van der Waals surface area contributed by atoms with Gasteiger partial charge >= 0.3 is 0 Å². The Morgan fingerprint density at radius 3 is 2.92 bits per heavy atom. The molecule has 7 heteroatoms. The highest BCUT2D eigenvalue weighted by atomic mass is 32.2. The minimum atomic E-state index is 0.0937. The molecule has 130 valence electrons. The number of nitrogens with zero attached hydrogens (tertiary/aromatic N) is 2. The number of piperidine rings is 1. The van der Waals surface area contributed by atoms with Crippen molar-refractivity contribution in [1.82, 2.24) is 15.1 Å². The van der Waals surface area contributed by atoms with Gasteiger partial charge in [-0.3, -0.25) is 9.59 Å². The summed E-state index contributed by atoms with van der Waals surface area (Å²) in [5.41, 5.74) is 1.52. The van der Waals surface area contributed by atoms with Gasteiger partial charge in [0.15, 0.2) is 0 Å². The van der Waals surface area contributed by atoms with Crippen molar-refractivity contribution < 1.29 is 9.59 Å². The molecule has 2 saturated heterocycles. The molecule has 1 N–H and O–H groups in total. The Balaban J connectivity index is 1.48. The second-order valence-corrected chi connectivity index (χ2v) is 8.79. The van der Waals surface area contributed by atoms with Crippen LogP contribution in [0.2, 0.25) is 0 Å². The van der Waals surface area contributed by atoms with Gasteiger partial charge in [0.25, 0.3) is 0 Å². The summed E-state index contributed by atoms with van der Waals surface area (Å²) >= 11 is 3.26. The summed E-state index contributed by atoms with van der Waals surface area (Å²) in [5.74, 6) is 1.36. The zero-order chi connectivity index (χ0) is 16.6. The third kappa shape index (κ3) is 3.21. The summed E-state index contributed by atoms with van der Waals surface area (Å²) in [6, 6.07) is 2.44. The maximum Gasteiger partial charge on any atom is 0.242 e. The van der Waals surface area contributed by atoms with E-state index in [1.807, 2.05) is 0 Å². The number of thioether (sulfide) groups is 1. The molecule has 1 aromatic rings. The van der Waals surface area contributed by atoms with Gasteiger partial charge in [0.2, 0.25) is 11.8 Å².